The normalized spacial score (nSPS) is 10.4. The molecule has 1 aromatic rings. The van der Waals surface area contributed by atoms with Crippen LogP contribution < -0.4 is 4.90 Å². The van der Waals surface area contributed by atoms with Crippen LogP contribution in [0.3, 0.4) is 0 Å². The van der Waals surface area contributed by atoms with Crippen molar-refractivity contribution in [2.75, 3.05) is 17.3 Å². The number of alkyl halides is 1. The number of amides is 1. The fraction of sp³-hybridized carbons (Fsp3) is 0.500. The van der Waals surface area contributed by atoms with Crippen LogP contribution in [0.5, 0.6) is 0 Å². The van der Waals surface area contributed by atoms with Gasteiger partial charge in [-0.15, -0.1) is 11.6 Å². The molecule has 17 heavy (non-hydrogen) atoms. The first-order valence-corrected chi connectivity index (χ1v) is 6.70. The highest BCUT2D eigenvalue weighted by Crippen LogP contribution is 2.27. The van der Waals surface area contributed by atoms with E-state index in [1.54, 1.807) is 4.90 Å². The van der Waals surface area contributed by atoms with Gasteiger partial charge in [0.1, 0.15) is 5.88 Å². The quantitative estimate of drug-likeness (QED) is 0.737. The Morgan fingerprint density at radius 1 is 1.18 bits per heavy atom. The van der Waals surface area contributed by atoms with E-state index in [4.69, 9.17) is 11.6 Å². The summed E-state index contributed by atoms with van der Waals surface area (Å²) in [5.74, 6) is 0.0134. The van der Waals surface area contributed by atoms with Gasteiger partial charge < -0.3 is 4.90 Å². The van der Waals surface area contributed by atoms with Crippen molar-refractivity contribution in [1.82, 2.24) is 0 Å². The van der Waals surface area contributed by atoms with Crippen LogP contribution >= 0.6 is 11.6 Å². The second-order valence-corrected chi connectivity index (χ2v) is 4.17. The van der Waals surface area contributed by atoms with Gasteiger partial charge in [-0.25, -0.2) is 0 Å². The van der Waals surface area contributed by atoms with Gasteiger partial charge in [0, 0.05) is 12.2 Å². The Morgan fingerprint density at radius 2 is 1.71 bits per heavy atom. The maximum absolute atomic E-state index is 11.9. The molecule has 1 amide bonds. The van der Waals surface area contributed by atoms with Gasteiger partial charge in [-0.2, -0.15) is 0 Å². The number of hydrogen-bond acceptors (Lipinski definition) is 1. The van der Waals surface area contributed by atoms with E-state index < -0.39 is 0 Å². The lowest BCUT2D eigenvalue weighted by Gasteiger charge is -2.25. The third kappa shape index (κ3) is 3.01. The zero-order chi connectivity index (χ0) is 12.8. The van der Waals surface area contributed by atoms with Crippen LogP contribution in [0.15, 0.2) is 18.2 Å². The predicted molar refractivity (Wildman–Crippen MR) is 73.9 cm³/mol. The minimum Gasteiger partial charge on any atom is -0.311 e. The van der Waals surface area contributed by atoms with E-state index in [0.717, 1.165) is 18.5 Å². The Kier molecular flexibility index (Phi) is 5.49. The molecule has 1 aromatic carbocycles. The maximum atomic E-state index is 11.9. The molecule has 0 radical (unpaired) electrons. The summed E-state index contributed by atoms with van der Waals surface area (Å²) in [5.41, 5.74) is 3.49. The van der Waals surface area contributed by atoms with Crippen LogP contribution in [0.4, 0.5) is 5.69 Å². The second kappa shape index (κ2) is 6.65. The average Bonchev–Trinajstić information content (AvgIpc) is 2.39. The molecule has 0 aliphatic carbocycles. The topological polar surface area (TPSA) is 20.3 Å². The molecule has 0 fully saturated rings. The average molecular weight is 254 g/mol. The van der Waals surface area contributed by atoms with Gasteiger partial charge in [0.2, 0.25) is 5.91 Å². The van der Waals surface area contributed by atoms with Crippen molar-refractivity contribution in [1.29, 1.82) is 0 Å². The van der Waals surface area contributed by atoms with Crippen molar-refractivity contribution in [3.05, 3.63) is 29.3 Å². The van der Waals surface area contributed by atoms with Gasteiger partial charge in [-0.1, -0.05) is 32.0 Å². The number of benzene rings is 1. The molecular formula is C14H20ClNO. The molecule has 94 valence electrons. The number of nitrogens with zero attached hydrogens (tertiary/aromatic N) is 1. The standard InChI is InChI=1S/C14H20ClNO/c1-4-11-8-7-9-12(5-2)14(11)16(6-3)13(17)10-15/h7-9H,4-6,10H2,1-3H3. The molecule has 0 unspecified atom stereocenters. The summed E-state index contributed by atoms with van der Waals surface area (Å²) in [6.07, 6.45) is 1.85. The predicted octanol–water partition coefficient (Wildman–Crippen LogP) is 3.40. The van der Waals surface area contributed by atoms with E-state index in [2.05, 4.69) is 32.0 Å². The number of halogens is 1. The molecule has 3 heteroatoms. The Bertz CT molecular complexity index is 368. The molecule has 0 atom stereocenters. The minimum atomic E-state index is -0.0234. The van der Waals surface area contributed by atoms with Crippen LogP contribution in [0.2, 0.25) is 0 Å². The van der Waals surface area contributed by atoms with Crippen molar-refractivity contribution >= 4 is 23.2 Å². The first-order chi connectivity index (χ1) is 8.19. The zero-order valence-electron chi connectivity index (χ0n) is 10.8. The highest BCUT2D eigenvalue weighted by atomic mass is 35.5. The summed E-state index contributed by atoms with van der Waals surface area (Å²) in [4.78, 5) is 13.7. The van der Waals surface area contributed by atoms with Crippen LogP contribution in [0.25, 0.3) is 0 Å². The highest BCUT2D eigenvalue weighted by Gasteiger charge is 2.18. The number of anilines is 1. The van der Waals surface area contributed by atoms with Crippen LogP contribution in [0.1, 0.15) is 31.9 Å². The number of rotatable bonds is 5. The van der Waals surface area contributed by atoms with E-state index in [9.17, 15) is 4.79 Å². The number of para-hydroxylation sites is 1. The van der Waals surface area contributed by atoms with Gasteiger partial charge >= 0.3 is 0 Å². The summed E-state index contributed by atoms with van der Waals surface area (Å²) < 4.78 is 0. The summed E-state index contributed by atoms with van der Waals surface area (Å²) in [5, 5.41) is 0. The van der Waals surface area contributed by atoms with E-state index in [1.807, 2.05) is 6.92 Å². The summed E-state index contributed by atoms with van der Waals surface area (Å²) in [6.45, 7) is 6.86. The monoisotopic (exact) mass is 253 g/mol. The summed E-state index contributed by atoms with van der Waals surface area (Å²) in [6, 6.07) is 6.22. The van der Waals surface area contributed by atoms with Crippen molar-refractivity contribution in [3.8, 4) is 0 Å². The van der Waals surface area contributed by atoms with E-state index in [0.29, 0.717) is 6.54 Å². The second-order valence-electron chi connectivity index (χ2n) is 3.90. The SMILES string of the molecule is CCc1cccc(CC)c1N(CC)C(=O)CCl. The third-order valence-electron chi connectivity index (χ3n) is 2.97. The Morgan fingerprint density at radius 3 is 2.06 bits per heavy atom. The molecule has 0 saturated carbocycles. The molecule has 0 saturated heterocycles. The van der Waals surface area contributed by atoms with Crippen LogP contribution in [-0.2, 0) is 17.6 Å². The van der Waals surface area contributed by atoms with Gasteiger partial charge in [0.15, 0.2) is 0 Å². The van der Waals surface area contributed by atoms with E-state index >= 15 is 0 Å². The van der Waals surface area contributed by atoms with Crippen molar-refractivity contribution in [2.45, 2.75) is 33.6 Å². The largest absolute Gasteiger partial charge is 0.311 e. The van der Waals surface area contributed by atoms with Gasteiger partial charge in [-0.3, -0.25) is 4.79 Å². The fourth-order valence-electron chi connectivity index (χ4n) is 2.09. The fourth-order valence-corrected chi connectivity index (χ4v) is 2.24. The number of carbonyl (C=O) groups is 1. The minimum absolute atomic E-state index is 0.0234. The Balaban J connectivity index is 3.29. The highest BCUT2D eigenvalue weighted by molar-refractivity contribution is 6.29. The zero-order valence-corrected chi connectivity index (χ0v) is 11.5. The lowest BCUT2D eigenvalue weighted by atomic mass is 10.0. The summed E-state index contributed by atoms with van der Waals surface area (Å²) >= 11 is 5.68. The lowest BCUT2D eigenvalue weighted by molar-refractivity contribution is -0.116. The molecule has 0 spiro atoms. The number of hydrogen-bond donors (Lipinski definition) is 0. The van der Waals surface area contributed by atoms with Crippen LogP contribution in [0, 0.1) is 0 Å². The molecule has 0 aliphatic heterocycles. The molecule has 0 aliphatic rings. The van der Waals surface area contributed by atoms with E-state index in [1.165, 1.54) is 11.1 Å². The molecule has 0 aromatic heterocycles. The number of aryl methyl sites for hydroxylation is 2. The first-order valence-electron chi connectivity index (χ1n) is 6.16. The molecule has 1 rings (SSSR count). The van der Waals surface area contributed by atoms with Gasteiger partial charge in [0.25, 0.3) is 0 Å². The van der Waals surface area contributed by atoms with Crippen molar-refractivity contribution in [3.63, 3.8) is 0 Å². The Labute approximate surface area is 109 Å². The Hall–Kier alpha value is -1.02. The van der Waals surface area contributed by atoms with Gasteiger partial charge in [-0.05, 0) is 30.9 Å². The molecule has 0 bridgehead atoms. The molecular weight excluding hydrogens is 234 g/mol. The van der Waals surface area contributed by atoms with Crippen molar-refractivity contribution < 1.29 is 4.79 Å². The van der Waals surface area contributed by atoms with Crippen LogP contribution in [-0.4, -0.2) is 18.3 Å². The third-order valence-corrected chi connectivity index (χ3v) is 3.20. The molecule has 0 heterocycles. The molecule has 2 nitrogen and oxygen atoms in total. The maximum Gasteiger partial charge on any atom is 0.241 e. The molecule has 0 N–H and O–H groups in total. The lowest BCUT2D eigenvalue weighted by Crippen LogP contribution is -2.33. The summed E-state index contributed by atoms with van der Waals surface area (Å²) in [7, 11) is 0. The van der Waals surface area contributed by atoms with Crippen molar-refractivity contribution in [2.24, 2.45) is 0 Å². The van der Waals surface area contributed by atoms with E-state index in [-0.39, 0.29) is 11.8 Å². The first kappa shape index (κ1) is 14.0. The smallest absolute Gasteiger partial charge is 0.241 e. The van der Waals surface area contributed by atoms with Gasteiger partial charge in [0.05, 0.1) is 0 Å². The number of carbonyl (C=O) groups excluding carboxylic acids is 1.